The first-order valence-electron chi connectivity index (χ1n) is 5.42. The van der Waals surface area contributed by atoms with Crippen molar-refractivity contribution in [2.75, 3.05) is 11.1 Å². The number of nitrogens with one attached hydrogen (secondary N) is 1. The van der Waals surface area contributed by atoms with Crippen LogP contribution in [0.15, 0.2) is 35.7 Å². The lowest BCUT2D eigenvalue weighted by Crippen LogP contribution is -2.08. The van der Waals surface area contributed by atoms with Crippen LogP contribution in [-0.4, -0.2) is 4.92 Å². The van der Waals surface area contributed by atoms with Gasteiger partial charge in [0.05, 0.1) is 11.0 Å². The number of para-hydroxylation sites is 1. The number of rotatable bonds is 4. The van der Waals surface area contributed by atoms with Crippen LogP contribution in [0.1, 0.15) is 17.8 Å². The molecule has 0 bridgehead atoms. The Morgan fingerprint density at radius 1 is 1.39 bits per heavy atom. The van der Waals surface area contributed by atoms with Gasteiger partial charge in [0.2, 0.25) is 0 Å². The Balaban J connectivity index is 2.29. The molecule has 0 saturated carbocycles. The summed E-state index contributed by atoms with van der Waals surface area (Å²) in [5.41, 5.74) is 6.18. The highest BCUT2D eigenvalue weighted by atomic mass is 32.1. The molecule has 2 aromatic rings. The van der Waals surface area contributed by atoms with Gasteiger partial charge in [-0.25, -0.2) is 0 Å². The lowest BCUT2D eigenvalue weighted by atomic mass is 10.2. The van der Waals surface area contributed by atoms with Gasteiger partial charge in [0.1, 0.15) is 11.4 Å². The van der Waals surface area contributed by atoms with E-state index in [0.717, 1.165) is 4.88 Å². The number of nitro groups is 1. The topological polar surface area (TPSA) is 81.2 Å². The van der Waals surface area contributed by atoms with Crippen LogP contribution in [0, 0.1) is 10.1 Å². The SMILES string of the molecule is CC(Nc1cccc(N)c1[N+](=O)[O-])c1cccs1. The number of nitrogens with zero attached hydrogens (tertiary/aromatic N) is 1. The molecule has 0 amide bonds. The number of nitrogens with two attached hydrogens (primary N) is 1. The minimum Gasteiger partial charge on any atom is -0.393 e. The average Bonchev–Trinajstić information content (AvgIpc) is 2.81. The highest BCUT2D eigenvalue weighted by Crippen LogP contribution is 2.33. The number of hydrogen-bond donors (Lipinski definition) is 2. The van der Waals surface area contributed by atoms with E-state index in [1.807, 2.05) is 24.4 Å². The summed E-state index contributed by atoms with van der Waals surface area (Å²) in [5.74, 6) is 0. The summed E-state index contributed by atoms with van der Waals surface area (Å²) < 4.78 is 0. The Kier molecular flexibility index (Phi) is 3.47. The Morgan fingerprint density at radius 2 is 2.17 bits per heavy atom. The van der Waals surface area contributed by atoms with Crippen LogP contribution < -0.4 is 11.1 Å². The van der Waals surface area contributed by atoms with Gasteiger partial charge in [0, 0.05) is 4.88 Å². The van der Waals surface area contributed by atoms with Crippen LogP contribution in [0.3, 0.4) is 0 Å². The third kappa shape index (κ3) is 2.43. The van der Waals surface area contributed by atoms with Crippen LogP contribution in [0.25, 0.3) is 0 Å². The molecule has 3 N–H and O–H groups in total. The van der Waals surface area contributed by atoms with Gasteiger partial charge in [-0.15, -0.1) is 11.3 Å². The molecular formula is C12H13N3O2S. The van der Waals surface area contributed by atoms with Gasteiger partial charge in [-0.1, -0.05) is 12.1 Å². The summed E-state index contributed by atoms with van der Waals surface area (Å²) in [4.78, 5) is 11.7. The molecule has 1 atom stereocenters. The third-order valence-corrected chi connectivity index (χ3v) is 3.65. The van der Waals surface area contributed by atoms with Gasteiger partial charge < -0.3 is 11.1 Å². The van der Waals surface area contributed by atoms with Crippen molar-refractivity contribution in [3.63, 3.8) is 0 Å². The van der Waals surface area contributed by atoms with Gasteiger partial charge in [-0.3, -0.25) is 10.1 Å². The fourth-order valence-corrected chi connectivity index (χ4v) is 2.46. The summed E-state index contributed by atoms with van der Waals surface area (Å²) >= 11 is 1.61. The van der Waals surface area contributed by atoms with Crippen molar-refractivity contribution in [3.05, 3.63) is 50.7 Å². The monoisotopic (exact) mass is 263 g/mol. The van der Waals surface area contributed by atoms with E-state index in [1.54, 1.807) is 23.5 Å². The lowest BCUT2D eigenvalue weighted by Gasteiger charge is -2.14. The molecule has 18 heavy (non-hydrogen) atoms. The smallest absolute Gasteiger partial charge is 0.314 e. The van der Waals surface area contributed by atoms with Crippen LogP contribution >= 0.6 is 11.3 Å². The molecule has 5 nitrogen and oxygen atoms in total. The highest BCUT2D eigenvalue weighted by molar-refractivity contribution is 7.10. The molecule has 0 fully saturated rings. The predicted octanol–water partition coefficient (Wildman–Crippen LogP) is 3.41. The van der Waals surface area contributed by atoms with Gasteiger partial charge in [0.15, 0.2) is 0 Å². The van der Waals surface area contributed by atoms with Crippen molar-refractivity contribution in [2.45, 2.75) is 13.0 Å². The Morgan fingerprint density at radius 3 is 2.78 bits per heavy atom. The Hall–Kier alpha value is -2.08. The normalized spacial score (nSPS) is 12.1. The zero-order valence-corrected chi connectivity index (χ0v) is 10.6. The fraction of sp³-hybridized carbons (Fsp3) is 0.167. The largest absolute Gasteiger partial charge is 0.393 e. The van der Waals surface area contributed by atoms with Gasteiger partial charge in [-0.2, -0.15) is 0 Å². The summed E-state index contributed by atoms with van der Waals surface area (Å²) in [6.45, 7) is 1.96. The summed E-state index contributed by atoms with van der Waals surface area (Å²) in [5, 5.41) is 16.1. The quantitative estimate of drug-likeness (QED) is 0.503. The minimum atomic E-state index is -0.460. The van der Waals surface area contributed by atoms with E-state index in [1.165, 1.54) is 6.07 Å². The average molecular weight is 263 g/mol. The standard InChI is InChI=1S/C12H13N3O2S/c1-8(11-6-3-7-18-11)14-10-5-2-4-9(13)12(10)15(16)17/h2-8,14H,13H2,1H3. The molecule has 1 aromatic carbocycles. The molecular weight excluding hydrogens is 250 g/mol. The number of nitrogen functional groups attached to an aromatic ring is 1. The van der Waals surface area contributed by atoms with E-state index in [0.29, 0.717) is 5.69 Å². The van der Waals surface area contributed by atoms with E-state index in [-0.39, 0.29) is 17.4 Å². The number of hydrogen-bond acceptors (Lipinski definition) is 5. The molecule has 0 spiro atoms. The highest BCUT2D eigenvalue weighted by Gasteiger charge is 2.19. The van der Waals surface area contributed by atoms with Crippen molar-refractivity contribution in [2.24, 2.45) is 0 Å². The number of nitro benzene ring substituents is 1. The maximum Gasteiger partial charge on any atom is 0.314 e. The molecule has 0 saturated heterocycles. The second-order valence-corrected chi connectivity index (χ2v) is 4.86. The molecule has 0 aliphatic rings. The van der Waals surface area contributed by atoms with E-state index >= 15 is 0 Å². The molecule has 2 rings (SSSR count). The van der Waals surface area contributed by atoms with E-state index in [4.69, 9.17) is 5.73 Å². The number of thiophene rings is 1. The molecule has 0 radical (unpaired) electrons. The first kappa shape index (κ1) is 12.4. The Bertz CT molecular complexity index is 554. The van der Waals surface area contributed by atoms with Crippen molar-refractivity contribution < 1.29 is 4.92 Å². The third-order valence-electron chi connectivity index (χ3n) is 2.59. The molecule has 1 unspecified atom stereocenters. The van der Waals surface area contributed by atoms with Crippen LogP contribution in [0.2, 0.25) is 0 Å². The maximum absolute atomic E-state index is 11.0. The van der Waals surface area contributed by atoms with Crippen LogP contribution in [0.5, 0.6) is 0 Å². The molecule has 1 aromatic heterocycles. The van der Waals surface area contributed by atoms with Gasteiger partial charge in [0.25, 0.3) is 0 Å². The van der Waals surface area contributed by atoms with Gasteiger partial charge >= 0.3 is 5.69 Å². The molecule has 0 aliphatic heterocycles. The second-order valence-electron chi connectivity index (χ2n) is 3.88. The second kappa shape index (κ2) is 5.05. The number of anilines is 2. The van der Waals surface area contributed by atoms with Crippen molar-refractivity contribution in [1.82, 2.24) is 0 Å². The summed E-state index contributed by atoms with van der Waals surface area (Å²) in [7, 11) is 0. The maximum atomic E-state index is 11.0. The van der Waals surface area contributed by atoms with E-state index in [9.17, 15) is 10.1 Å². The molecule has 6 heteroatoms. The van der Waals surface area contributed by atoms with Crippen LogP contribution in [-0.2, 0) is 0 Å². The van der Waals surface area contributed by atoms with Gasteiger partial charge in [-0.05, 0) is 30.5 Å². The molecule has 0 aliphatic carbocycles. The number of benzene rings is 1. The molecule has 1 heterocycles. The van der Waals surface area contributed by atoms with E-state index < -0.39 is 4.92 Å². The minimum absolute atomic E-state index is 0.00509. The van der Waals surface area contributed by atoms with Crippen LogP contribution in [0.4, 0.5) is 17.1 Å². The van der Waals surface area contributed by atoms with Crippen molar-refractivity contribution >= 4 is 28.4 Å². The Labute approximate surface area is 108 Å². The predicted molar refractivity (Wildman–Crippen MR) is 73.9 cm³/mol. The zero-order valence-electron chi connectivity index (χ0n) is 9.79. The molecule has 94 valence electrons. The summed E-state index contributed by atoms with van der Waals surface area (Å²) in [6, 6.07) is 8.83. The zero-order chi connectivity index (χ0) is 13.1. The van der Waals surface area contributed by atoms with Crippen molar-refractivity contribution in [3.8, 4) is 0 Å². The first-order chi connectivity index (χ1) is 8.59. The first-order valence-corrected chi connectivity index (χ1v) is 6.30. The lowest BCUT2D eigenvalue weighted by molar-refractivity contribution is -0.383. The van der Waals surface area contributed by atoms with E-state index in [2.05, 4.69) is 5.32 Å². The fourth-order valence-electron chi connectivity index (χ4n) is 1.72. The van der Waals surface area contributed by atoms with Crippen molar-refractivity contribution in [1.29, 1.82) is 0 Å². The summed E-state index contributed by atoms with van der Waals surface area (Å²) in [6.07, 6.45) is 0.